The number of nitrogens with zero attached hydrogens (tertiary/aromatic N) is 1. The largest absolute Gasteiger partial charge is 0.452 e. The van der Waals surface area contributed by atoms with Crippen LogP contribution in [0.1, 0.15) is 10.4 Å². The van der Waals surface area contributed by atoms with E-state index in [9.17, 15) is 18.4 Å². The van der Waals surface area contributed by atoms with Gasteiger partial charge in [-0.25, -0.2) is 18.6 Å². The van der Waals surface area contributed by atoms with Crippen molar-refractivity contribution in [1.82, 2.24) is 4.98 Å². The fourth-order valence-corrected chi connectivity index (χ4v) is 2.49. The molecule has 3 rings (SSSR count). The maximum absolute atomic E-state index is 13.1. The molecule has 26 heavy (non-hydrogen) atoms. The molecule has 0 unspecified atom stereocenters. The molecule has 1 aromatic heterocycles. The molecule has 5 nitrogen and oxygen atoms in total. The summed E-state index contributed by atoms with van der Waals surface area (Å²) < 4.78 is 31.0. The van der Waals surface area contributed by atoms with Crippen LogP contribution in [-0.2, 0) is 9.53 Å². The number of hydrogen-bond donors (Lipinski definition) is 1. The summed E-state index contributed by atoms with van der Waals surface area (Å²) in [6, 6.07) is 11.1. The Kier molecular flexibility index (Phi) is 5.09. The number of carbonyl (C=O) groups is 2. The number of esters is 1. The second-order valence-corrected chi connectivity index (χ2v) is 5.65. The molecule has 0 atom stereocenters. The van der Waals surface area contributed by atoms with Crippen molar-refractivity contribution in [3.8, 4) is 0 Å². The van der Waals surface area contributed by atoms with E-state index in [1.807, 2.05) is 0 Å². The third-order valence-electron chi connectivity index (χ3n) is 3.44. The van der Waals surface area contributed by atoms with E-state index in [0.29, 0.717) is 10.9 Å². The number of fused-ring (bicyclic) bond motifs is 1. The van der Waals surface area contributed by atoms with Crippen molar-refractivity contribution in [2.45, 2.75) is 0 Å². The quantitative estimate of drug-likeness (QED) is 0.552. The number of nitrogens with one attached hydrogen (secondary N) is 1. The number of ether oxygens (including phenoxy) is 1. The van der Waals surface area contributed by atoms with E-state index in [1.54, 1.807) is 24.3 Å². The van der Waals surface area contributed by atoms with E-state index in [-0.39, 0.29) is 16.4 Å². The molecule has 1 heterocycles. The van der Waals surface area contributed by atoms with Crippen molar-refractivity contribution >= 4 is 40.1 Å². The molecule has 0 saturated heterocycles. The Hall–Kier alpha value is -3.06. The molecule has 132 valence electrons. The summed E-state index contributed by atoms with van der Waals surface area (Å²) in [4.78, 5) is 28.2. The van der Waals surface area contributed by atoms with E-state index in [2.05, 4.69) is 10.3 Å². The second-order valence-electron chi connectivity index (χ2n) is 5.26. The van der Waals surface area contributed by atoms with E-state index in [0.717, 1.165) is 12.1 Å². The van der Waals surface area contributed by atoms with Crippen LogP contribution in [0.5, 0.6) is 0 Å². The molecule has 1 amide bonds. The number of benzene rings is 2. The molecule has 0 aliphatic carbocycles. The summed E-state index contributed by atoms with van der Waals surface area (Å²) in [5.74, 6) is -3.59. The van der Waals surface area contributed by atoms with Gasteiger partial charge in [-0.15, -0.1) is 0 Å². The Labute approximate surface area is 151 Å². The minimum absolute atomic E-state index is 0.0438. The van der Waals surface area contributed by atoms with E-state index >= 15 is 0 Å². The zero-order valence-corrected chi connectivity index (χ0v) is 13.9. The van der Waals surface area contributed by atoms with Crippen LogP contribution >= 0.6 is 11.6 Å². The summed E-state index contributed by atoms with van der Waals surface area (Å²) in [5.41, 5.74) is 0.724. The average Bonchev–Trinajstić information content (AvgIpc) is 2.62. The van der Waals surface area contributed by atoms with Crippen LogP contribution in [0, 0.1) is 11.6 Å². The normalized spacial score (nSPS) is 10.6. The van der Waals surface area contributed by atoms with Crippen LogP contribution in [0.25, 0.3) is 10.9 Å². The third-order valence-corrected chi connectivity index (χ3v) is 3.64. The molecule has 8 heteroatoms. The standard InChI is InChI=1S/C18H11ClF2N2O3/c19-16-8-12(11-3-1-2-4-15(11)23-16)18(25)26-9-17(24)22-10-5-6-13(20)14(21)7-10/h1-8H,9H2,(H,22,24). The monoisotopic (exact) mass is 376 g/mol. The predicted octanol–water partition coefficient (Wildman–Crippen LogP) is 3.96. The molecule has 0 spiro atoms. The highest BCUT2D eigenvalue weighted by atomic mass is 35.5. The van der Waals surface area contributed by atoms with Gasteiger partial charge in [-0.2, -0.15) is 0 Å². The zero-order valence-electron chi connectivity index (χ0n) is 13.1. The average molecular weight is 377 g/mol. The zero-order chi connectivity index (χ0) is 18.7. The number of pyridine rings is 1. The van der Waals surface area contributed by atoms with Crippen LogP contribution in [0.4, 0.5) is 14.5 Å². The lowest BCUT2D eigenvalue weighted by molar-refractivity contribution is -0.119. The van der Waals surface area contributed by atoms with Gasteiger partial charge in [-0.1, -0.05) is 29.8 Å². The topological polar surface area (TPSA) is 68.3 Å². The number of para-hydroxylation sites is 1. The van der Waals surface area contributed by atoms with Crippen molar-refractivity contribution in [1.29, 1.82) is 0 Å². The first kappa shape index (κ1) is 17.8. The van der Waals surface area contributed by atoms with E-state index < -0.39 is 30.1 Å². The van der Waals surface area contributed by atoms with E-state index in [4.69, 9.17) is 16.3 Å². The third kappa shape index (κ3) is 3.94. The fourth-order valence-electron chi connectivity index (χ4n) is 2.29. The van der Waals surface area contributed by atoms with Gasteiger partial charge in [-0.3, -0.25) is 4.79 Å². The van der Waals surface area contributed by atoms with Gasteiger partial charge in [0, 0.05) is 17.1 Å². The molecule has 0 aliphatic heterocycles. The number of anilines is 1. The van der Waals surface area contributed by atoms with Gasteiger partial charge in [0.05, 0.1) is 11.1 Å². The van der Waals surface area contributed by atoms with Gasteiger partial charge >= 0.3 is 5.97 Å². The van der Waals surface area contributed by atoms with E-state index in [1.165, 1.54) is 12.1 Å². The molecular weight excluding hydrogens is 366 g/mol. The maximum atomic E-state index is 13.1. The van der Waals surface area contributed by atoms with Gasteiger partial charge in [0.2, 0.25) is 0 Å². The first-order chi connectivity index (χ1) is 12.4. The van der Waals surface area contributed by atoms with Crippen LogP contribution in [-0.4, -0.2) is 23.5 Å². The van der Waals surface area contributed by atoms with Crippen molar-refractivity contribution < 1.29 is 23.1 Å². The lowest BCUT2D eigenvalue weighted by Crippen LogP contribution is -2.21. The van der Waals surface area contributed by atoms with Gasteiger partial charge in [0.1, 0.15) is 5.15 Å². The smallest absolute Gasteiger partial charge is 0.339 e. The lowest BCUT2D eigenvalue weighted by atomic mass is 10.1. The van der Waals surface area contributed by atoms with Crippen molar-refractivity contribution in [2.24, 2.45) is 0 Å². The fraction of sp³-hybridized carbons (Fsp3) is 0.0556. The maximum Gasteiger partial charge on any atom is 0.339 e. The Morgan fingerprint density at radius 3 is 2.62 bits per heavy atom. The minimum Gasteiger partial charge on any atom is -0.452 e. The summed E-state index contributed by atoms with van der Waals surface area (Å²) in [5, 5.41) is 2.95. The first-order valence-electron chi connectivity index (χ1n) is 7.41. The molecule has 0 bridgehead atoms. The molecule has 1 N–H and O–H groups in total. The highest BCUT2D eigenvalue weighted by Crippen LogP contribution is 2.21. The summed E-state index contributed by atoms with van der Waals surface area (Å²) in [7, 11) is 0. The summed E-state index contributed by atoms with van der Waals surface area (Å²) in [6.45, 7) is -0.605. The van der Waals surface area contributed by atoms with Crippen LogP contribution in [0.15, 0.2) is 48.5 Å². The molecule has 3 aromatic rings. The molecule has 0 radical (unpaired) electrons. The van der Waals surface area contributed by atoms with Crippen molar-refractivity contribution in [2.75, 3.05) is 11.9 Å². The molecular formula is C18H11ClF2N2O3. The summed E-state index contributed by atoms with van der Waals surface area (Å²) >= 11 is 5.90. The van der Waals surface area contributed by atoms with Crippen molar-refractivity contribution in [3.05, 3.63) is 70.9 Å². The molecule has 0 aliphatic rings. The number of hydrogen-bond acceptors (Lipinski definition) is 4. The second kappa shape index (κ2) is 7.45. The highest BCUT2D eigenvalue weighted by molar-refractivity contribution is 6.30. The van der Waals surface area contributed by atoms with Crippen LogP contribution in [0.2, 0.25) is 5.15 Å². The number of aromatic nitrogens is 1. The Morgan fingerprint density at radius 1 is 1.08 bits per heavy atom. The molecule has 2 aromatic carbocycles. The number of rotatable bonds is 4. The Balaban J connectivity index is 1.69. The predicted molar refractivity (Wildman–Crippen MR) is 92.0 cm³/mol. The summed E-state index contributed by atoms with van der Waals surface area (Å²) in [6.07, 6.45) is 0. The molecule has 0 saturated carbocycles. The highest BCUT2D eigenvalue weighted by Gasteiger charge is 2.15. The number of halogens is 3. The SMILES string of the molecule is O=C(COC(=O)c1cc(Cl)nc2ccccc12)Nc1ccc(F)c(F)c1. The van der Waals surface area contributed by atoms with Crippen LogP contribution < -0.4 is 5.32 Å². The van der Waals surface area contributed by atoms with Gasteiger partial charge in [-0.05, 0) is 24.3 Å². The van der Waals surface area contributed by atoms with Crippen LogP contribution in [0.3, 0.4) is 0 Å². The van der Waals surface area contributed by atoms with Gasteiger partial charge in [0.15, 0.2) is 18.2 Å². The Morgan fingerprint density at radius 2 is 1.85 bits per heavy atom. The molecule has 0 fully saturated rings. The van der Waals surface area contributed by atoms with Gasteiger partial charge in [0.25, 0.3) is 5.91 Å². The minimum atomic E-state index is -1.10. The number of carbonyl (C=O) groups excluding carboxylic acids is 2. The lowest BCUT2D eigenvalue weighted by Gasteiger charge is -2.09. The number of amides is 1. The van der Waals surface area contributed by atoms with Gasteiger partial charge < -0.3 is 10.1 Å². The first-order valence-corrected chi connectivity index (χ1v) is 7.79. The Bertz CT molecular complexity index is 1010. The van der Waals surface area contributed by atoms with Crippen molar-refractivity contribution in [3.63, 3.8) is 0 Å².